The summed E-state index contributed by atoms with van der Waals surface area (Å²) in [7, 11) is 8.93. The van der Waals surface area contributed by atoms with Crippen LogP contribution < -0.4 is 28.4 Å². The lowest BCUT2D eigenvalue weighted by atomic mass is 9.83. The summed E-state index contributed by atoms with van der Waals surface area (Å²) in [5, 5.41) is 22.0. The van der Waals surface area contributed by atoms with Gasteiger partial charge in [-0.15, -0.1) is 0 Å². The highest BCUT2D eigenvalue weighted by molar-refractivity contribution is 9.09. The summed E-state index contributed by atoms with van der Waals surface area (Å²) < 4.78 is 38.8. The molecule has 0 aromatic heterocycles. The molecule has 2 N–H and O–H groups in total. The second-order valence-electron chi connectivity index (χ2n) is 16.5. The van der Waals surface area contributed by atoms with E-state index in [-0.39, 0.29) is 10.5 Å². The number of rotatable bonds is 12. The molecule has 0 radical (unpaired) electrons. The van der Waals surface area contributed by atoms with Crippen molar-refractivity contribution in [2.24, 2.45) is 0 Å². The number of methoxy groups -OCH3 is 3. The van der Waals surface area contributed by atoms with Crippen LogP contribution in [0.25, 0.3) is 0 Å². The molecule has 60 heavy (non-hydrogen) atoms. The van der Waals surface area contributed by atoms with Crippen molar-refractivity contribution in [3.63, 3.8) is 0 Å². The molecule has 4 aliphatic heterocycles. The van der Waals surface area contributed by atoms with Crippen molar-refractivity contribution in [3.8, 4) is 46.0 Å². The minimum absolute atomic E-state index is 0.204. The summed E-state index contributed by atoms with van der Waals surface area (Å²) in [4.78, 5) is 26.2. The number of carboxylic acid groups (broad SMARTS) is 2. The van der Waals surface area contributed by atoms with Crippen LogP contribution in [0.3, 0.4) is 0 Å². The van der Waals surface area contributed by atoms with Gasteiger partial charge in [0.25, 0.3) is 0 Å². The van der Waals surface area contributed by atoms with E-state index in [9.17, 15) is 19.8 Å². The molecule has 0 saturated carbocycles. The lowest BCUT2D eigenvalue weighted by molar-refractivity contribution is -0.956. The van der Waals surface area contributed by atoms with Crippen LogP contribution in [0.5, 0.6) is 46.0 Å². The maximum absolute atomic E-state index is 13.2. The third kappa shape index (κ3) is 7.75. The van der Waals surface area contributed by atoms with E-state index >= 15 is 0 Å². The Bertz CT molecular complexity index is 2250. The first-order valence-corrected chi connectivity index (χ1v) is 21.9. The van der Waals surface area contributed by atoms with Gasteiger partial charge in [-0.05, 0) is 64.7 Å². The van der Waals surface area contributed by atoms with Crippen LogP contribution in [0.15, 0.2) is 60.7 Å². The topological polar surface area (TPSA) is 130 Å². The number of quaternary nitrogens is 2. The normalized spacial score (nSPS) is 22.7. The van der Waals surface area contributed by atoms with Crippen molar-refractivity contribution in [2.45, 2.75) is 76.5 Å². The summed E-state index contributed by atoms with van der Waals surface area (Å²) in [5.41, 5.74) is 5.80. The van der Waals surface area contributed by atoms with E-state index < -0.39 is 30.1 Å². The van der Waals surface area contributed by atoms with Crippen LogP contribution >= 0.6 is 15.9 Å². The standard InChI is InChI=1S/C47H55BrN2O10/c1-8-34(46(51)52)49(3)19-16-30-25-39(56-6)41-27-33(30)36(49)22-28-10-13-32(14-11-28)59-40-24-29(12-15-38(40)55-5)23-37-43-31(17-20-50(37,4)35(9-2)47(53)54)26-42(57-7)44(45(43)60-41)58-21-18-48/h10-15,24-27,34-37H,8-9,16-23H2,1-7H3/p+2. The molecule has 320 valence electrons. The number of hydrogen-bond acceptors (Lipinski definition) is 8. The van der Waals surface area contributed by atoms with Gasteiger partial charge in [0.2, 0.25) is 5.75 Å². The molecule has 4 aromatic rings. The van der Waals surface area contributed by atoms with Gasteiger partial charge in [0.05, 0.1) is 60.7 Å². The van der Waals surface area contributed by atoms with Gasteiger partial charge in [0, 0.05) is 49.4 Å². The van der Waals surface area contributed by atoms with E-state index in [0.29, 0.717) is 114 Å². The molecule has 6 atom stereocenters. The lowest BCUT2D eigenvalue weighted by Gasteiger charge is -2.49. The fourth-order valence-corrected chi connectivity index (χ4v) is 10.3. The summed E-state index contributed by atoms with van der Waals surface area (Å²) in [5.74, 6) is 2.31. The Balaban J connectivity index is 1.56. The zero-order valence-corrected chi connectivity index (χ0v) is 37.2. The molecule has 4 heterocycles. The third-order valence-corrected chi connectivity index (χ3v) is 13.7. The van der Waals surface area contributed by atoms with E-state index in [2.05, 4.69) is 23.0 Å². The van der Waals surface area contributed by atoms with Crippen LogP contribution in [0.2, 0.25) is 0 Å². The molecule has 4 aliphatic rings. The van der Waals surface area contributed by atoms with Crippen LogP contribution in [0.4, 0.5) is 0 Å². The van der Waals surface area contributed by atoms with Crippen molar-refractivity contribution in [2.75, 3.05) is 60.5 Å². The average molecular weight is 890 g/mol. The van der Waals surface area contributed by atoms with Gasteiger partial charge in [0.15, 0.2) is 46.6 Å². The Kier molecular flexibility index (Phi) is 12.6. The minimum Gasteiger partial charge on any atom is -0.493 e. The molecule has 4 aromatic carbocycles. The number of carboxylic acids is 2. The number of halogens is 1. The van der Waals surface area contributed by atoms with Gasteiger partial charge in [-0.2, -0.15) is 0 Å². The first-order chi connectivity index (χ1) is 28.8. The van der Waals surface area contributed by atoms with Gasteiger partial charge >= 0.3 is 11.9 Å². The molecule has 0 saturated heterocycles. The number of carbonyl (C=O) groups is 2. The van der Waals surface area contributed by atoms with Crippen LogP contribution in [-0.2, 0) is 35.3 Å². The predicted octanol–water partition coefficient (Wildman–Crippen LogP) is 8.68. The van der Waals surface area contributed by atoms with Crippen molar-refractivity contribution in [1.82, 2.24) is 0 Å². The molecule has 13 heteroatoms. The van der Waals surface area contributed by atoms with Crippen molar-refractivity contribution in [3.05, 3.63) is 94.0 Å². The summed E-state index contributed by atoms with van der Waals surface area (Å²) >= 11 is 3.54. The Morgan fingerprint density at radius 1 is 0.733 bits per heavy atom. The highest BCUT2D eigenvalue weighted by atomic mass is 79.9. The monoisotopic (exact) mass is 888 g/mol. The molecule has 12 nitrogen and oxygen atoms in total. The van der Waals surface area contributed by atoms with Gasteiger partial charge in [0.1, 0.15) is 17.8 Å². The van der Waals surface area contributed by atoms with Gasteiger partial charge < -0.3 is 47.6 Å². The molecule has 6 bridgehead atoms. The SMILES string of the molecule is CCC(C(=O)O)[N+]1(C)CCc2cc(OC)c3cc2C1Cc1ccc(cc1)Oc1cc(ccc1OC)CC1c2c(cc(OC)c(OCCBr)c2O3)CC[N+]1(C)C(CC)C(=O)O. The number of hydrogen-bond donors (Lipinski definition) is 2. The van der Waals surface area contributed by atoms with E-state index in [1.54, 1.807) is 21.3 Å². The largest absolute Gasteiger partial charge is 0.493 e. The van der Waals surface area contributed by atoms with E-state index in [1.807, 2.05) is 81.6 Å². The predicted molar refractivity (Wildman–Crippen MR) is 231 cm³/mol. The number of ether oxygens (including phenoxy) is 6. The number of alkyl halides is 1. The number of nitrogens with zero attached hydrogens (tertiary/aromatic N) is 2. The van der Waals surface area contributed by atoms with E-state index in [0.717, 1.165) is 33.4 Å². The number of benzene rings is 4. The summed E-state index contributed by atoms with van der Waals surface area (Å²) in [6.07, 6.45) is 3.07. The molecular formula is C47H57BrN2O10+2. The van der Waals surface area contributed by atoms with Crippen molar-refractivity contribution in [1.29, 1.82) is 0 Å². The maximum Gasteiger partial charge on any atom is 0.362 e. The smallest absolute Gasteiger partial charge is 0.362 e. The number of likely N-dealkylation sites (N-methyl/N-ethyl adjacent to an activating group) is 2. The third-order valence-electron chi connectivity index (χ3n) is 13.4. The average Bonchev–Trinajstić information content (AvgIpc) is 3.23. The fourth-order valence-electron chi connectivity index (χ4n) is 10.2. The first-order valence-electron chi connectivity index (χ1n) is 20.7. The quantitative estimate of drug-likeness (QED) is 0.105. The second kappa shape index (κ2) is 17.6. The van der Waals surface area contributed by atoms with Crippen LogP contribution in [-0.4, -0.2) is 104 Å². The van der Waals surface area contributed by atoms with Gasteiger partial charge in [-0.25, -0.2) is 9.59 Å². The maximum atomic E-state index is 13.2. The molecule has 6 unspecified atom stereocenters. The lowest BCUT2D eigenvalue weighted by Crippen LogP contribution is -2.60. The Morgan fingerprint density at radius 2 is 1.30 bits per heavy atom. The zero-order valence-electron chi connectivity index (χ0n) is 35.6. The minimum atomic E-state index is -0.868. The molecule has 8 rings (SSSR count). The highest BCUT2D eigenvalue weighted by Gasteiger charge is 2.51. The highest BCUT2D eigenvalue weighted by Crippen LogP contribution is 2.55. The molecule has 0 spiro atoms. The zero-order chi connectivity index (χ0) is 42.9. The number of fused-ring (bicyclic) bond motifs is 2. The Morgan fingerprint density at radius 3 is 1.90 bits per heavy atom. The van der Waals surface area contributed by atoms with E-state index in [1.165, 1.54) is 0 Å². The summed E-state index contributed by atoms with van der Waals surface area (Å²) in [6, 6.07) is 17.8. The second-order valence-corrected chi connectivity index (χ2v) is 17.3. The van der Waals surface area contributed by atoms with Crippen molar-refractivity contribution >= 4 is 27.9 Å². The van der Waals surface area contributed by atoms with Crippen molar-refractivity contribution < 1.29 is 57.2 Å². The number of aliphatic carboxylic acids is 2. The van der Waals surface area contributed by atoms with Crippen LogP contribution in [0, 0.1) is 0 Å². The summed E-state index contributed by atoms with van der Waals surface area (Å²) in [6.45, 7) is 5.35. The molecule has 0 aliphatic carbocycles. The van der Waals surface area contributed by atoms with E-state index in [4.69, 9.17) is 28.4 Å². The first kappa shape index (κ1) is 43.1. The van der Waals surface area contributed by atoms with Gasteiger partial charge in [-0.3, -0.25) is 0 Å². The molecule has 0 fully saturated rings. The Labute approximate surface area is 360 Å². The van der Waals surface area contributed by atoms with Crippen LogP contribution in [0.1, 0.15) is 72.2 Å². The van der Waals surface area contributed by atoms with Gasteiger partial charge in [-0.1, -0.05) is 48.0 Å². The Hall–Kier alpha value is -4.98. The molecular weight excluding hydrogens is 832 g/mol. The fraction of sp³-hybridized carbons (Fsp3) is 0.447. The molecule has 0 amide bonds.